The van der Waals surface area contributed by atoms with Crippen LogP contribution in [-0.4, -0.2) is 89.7 Å². The lowest BCUT2D eigenvalue weighted by Crippen LogP contribution is -2.49. The Balaban J connectivity index is 1.77. The van der Waals surface area contributed by atoms with Crippen LogP contribution in [0.4, 0.5) is 0 Å². The molecule has 2 heterocycles. The fourth-order valence-electron chi connectivity index (χ4n) is 3.61. The minimum atomic E-state index is -3.87. The summed E-state index contributed by atoms with van der Waals surface area (Å²) in [4.78, 5) is 26.0. The summed E-state index contributed by atoms with van der Waals surface area (Å²) in [7, 11) is -1.49. The Morgan fingerprint density at radius 3 is 2.10 bits per heavy atom. The predicted octanol–water partition coefficient (Wildman–Crippen LogP) is 0.603. The summed E-state index contributed by atoms with van der Waals surface area (Å²) in [6, 6.07) is 3.73. The highest BCUT2D eigenvalue weighted by Crippen LogP contribution is 2.23. The van der Waals surface area contributed by atoms with Gasteiger partial charge in [-0.3, -0.25) is 0 Å². The Bertz CT molecular complexity index is 823. The first-order valence-electron chi connectivity index (χ1n) is 9.47. The van der Waals surface area contributed by atoms with Crippen LogP contribution in [0.15, 0.2) is 23.1 Å². The highest BCUT2D eigenvalue weighted by molar-refractivity contribution is 7.89. The van der Waals surface area contributed by atoms with Crippen molar-refractivity contribution in [3.8, 4) is 0 Å². The number of carbonyl (C=O) groups excluding carboxylic acids is 2. The van der Waals surface area contributed by atoms with Crippen molar-refractivity contribution in [1.29, 1.82) is 0 Å². The number of ether oxygens (including phenoxy) is 3. The van der Waals surface area contributed by atoms with E-state index in [9.17, 15) is 18.0 Å². The molecule has 0 aromatic heterocycles. The molecule has 2 aliphatic heterocycles. The van der Waals surface area contributed by atoms with Gasteiger partial charge in [-0.2, -0.15) is 4.31 Å². The molecule has 0 aliphatic carbocycles. The number of hydrogen-bond acceptors (Lipinski definition) is 8. The van der Waals surface area contributed by atoms with Gasteiger partial charge in [-0.15, -0.1) is 0 Å². The molecule has 2 fully saturated rings. The molecule has 0 bridgehead atoms. The van der Waals surface area contributed by atoms with Crippen LogP contribution in [-0.2, 0) is 24.2 Å². The van der Waals surface area contributed by atoms with Gasteiger partial charge < -0.3 is 19.1 Å². The summed E-state index contributed by atoms with van der Waals surface area (Å²) in [6.45, 7) is 4.37. The first-order valence-corrected chi connectivity index (χ1v) is 10.9. The molecule has 1 aromatic carbocycles. The summed E-state index contributed by atoms with van der Waals surface area (Å²) in [5.74, 6) is -0.955. The fraction of sp³-hybridized carbons (Fsp3) is 0.579. The molecule has 29 heavy (non-hydrogen) atoms. The molecule has 1 aromatic rings. The quantitative estimate of drug-likeness (QED) is 0.610. The minimum absolute atomic E-state index is 0.0196. The maximum Gasteiger partial charge on any atom is 0.337 e. The smallest absolute Gasteiger partial charge is 0.337 e. The van der Waals surface area contributed by atoms with Crippen molar-refractivity contribution in [2.75, 3.05) is 60.2 Å². The highest BCUT2D eigenvalue weighted by Gasteiger charge is 2.31. The standard InChI is InChI=1S/C19H26N2O7S/c1-26-18(22)15-9-16(19(23)27-2)11-17(10-15)29(24,25)21-6-4-20(5-7-21)12-14-3-8-28-13-14/h9-11,14H,3-8,12-13H2,1-2H3. The van der Waals surface area contributed by atoms with E-state index in [1.54, 1.807) is 0 Å². The number of carbonyl (C=O) groups is 2. The van der Waals surface area contributed by atoms with E-state index in [0.717, 1.165) is 26.2 Å². The number of methoxy groups -OCH3 is 2. The van der Waals surface area contributed by atoms with Crippen molar-refractivity contribution < 1.29 is 32.2 Å². The van der Waals surface area contributed by atoms with Crippen molar-refractivity contribution in [2.45, 2.75) is 11.3 Å². The number of rotatable bonds is 6. The highest BCUT2D eigenvalue weighted by atomic mass is 32.2. The van der Waals surface area contributed by atoms with E-state index in [1.165, 1.54) is 36.7 Å². The molecule has 0 radical (unpaired) electrons. The van der Waals surface area contributed by atoms with E-state index in [2.05, 4.69) is 14.4 Å². The monoisotopic (exact) mass is 426 g/mol. The molecule has 160 valence electrons. The lowest BCUT2D eigenvalue weighted by Gasteiger charge is -2.35. The fourth-order valence-corrected chi connectivity index (χ4v) is 5.11. The zero-order chi connectivity index (χ0) is 21.0. The molecule has 2 saturated heterocycles. The largest absolute Gasteiger partial charge is 0.465 e. The second-order valence-corrected chi connectivity index (χ2v) is 9.10. The molecule has 0 saturated carbocycles. The van der Waals surface area contributed by atoms with Crippen LogP contribution in [0.25, 0.3) is 0 Å². The maximum atomic E-state index is 13.1. The molecular formula is C19H26N2O7S. The minimum Gasteiger partial charge on any atom is -0.465 e. The van der Waals surface area contributed by atoms with Gasteiger partial charge in [0.25, 0.3) is 0 Å². The molecule has 1 atom stereocenters. The van der Waals surface area contributed by atoms with E-state index in [0.29, 0.717) is 32.1 Å². The van der Waals surface area contributed by atoms with Gasteiger partial charge in [0.1, 0.15) is 0 Å². The second-order valence-electron chi connectivity index (χ2n) is 7.16. The predicted molar refractivity (Wildman–Crippen MR) is 103 cm³/mol. The Kier molecular flexibility index (Phi) is 6.89. The summed E-state index contributed by atoms with van der Waals surface area (Å²) in [5, 5.41) is 0. The third-order valence-corrected chi connectivity index (χ3v) is 7.13. The summed E-state index contributed by atoms with van der Waals surface area (Å²) in [6.07, 6.45) is 1.04. The van der Waals surface area contributed by atoms with Gasteiger partial charge in [-0.1, -0.05) is 0 Å². The molecule has 3 rings (SSSR count). The topological polar surface area (TPSA) is 102 Å². The summed E-state index contributed by atoms with van der Waals surface area (Å²) < 4.78 is 42.4. The second kappa shape index (κ2) is 9.21. The third kappa shape index (κ3) is 4.95. The average molecular weight is 426 g/mol. The van der Waals surface area contributed by atoms with Gasteiger partial charge in [0.15, 0.2) is 0 Å². The number of sulfonamides is 1. The van der Waals surface area contributed by atoms with E-state index >= 15 is 0 Å². The number of piperazine rings is 1. The normalized spacial score (nSPS) is 21.1. The van der Waals surface area contributed by atoms with Gasteiger partial charge >= 0.3 is 11.9 Å². The van der Waals surface area contributed by atoms with Crippen LogP contribution in [0.2, 0.25) is 0 Å². The summed E-state index contributed by atoms with van der Waals surface area (Å²) in [5.41, 5.74) is -0.0392. The maximum absolute atomic E-state index is 13.1. The molecule has 0 N–H and O–H groups in total. The molecule has 2 aliphatic rings. The Labute approximate surface area is 170 Å². The SMILES string of the molecule is COC(=O)c1cc(C(=O)OC)cc(S(=O)(=O)N2CCN(CC3CCOC3)CC2)c1. The van der Waals surface area contributed by atoms with Crippen molar-refractivity contribution >= 4 is 22.0 Å². The first kappa shape index (κ1) is 21.7. The van der Waals surface area contributed by atoms with Crippen LogP contribution in [0, 0.1) is 5.92 Å². The van der Waals surface area contributed by atoms with Crippen molar-refractivity contribution in [3.05, 3.63) is 29.3 Å². The average Bonchev–Trinajstić information content (AvgIpc) is 3.25. The van der Waals surface area contributed by atoms with E-state index in [4.69, 9.17) is 4.74 Å². The molecule has 9 nitrogen and oxygen atoms in total. The number of benzene rings is 1. The van der Waals surface area contributed by atoms with E-state index in [-0.39, 0.29) is 16.0 Å². The first-order chi connectivity index (χ1) is 13.8. The zero-order valence-electron chi connectivity index (χ0n) is 16.6. The van der Waals surface area contributed by atoms with Gasteiger partial charge in [-0.05, 0) is 30.5 Å². The van der Waals surface area contributed by atoms with Crippen molar-refractivity contribution in [3.63, 3.8) is 0 Å². The molecule has 1 unspecified atom stereocenters. The van der Waals surface area contributed by atoms with E-state index < -0.39 is 22.0 Å². The zero-order valence-corrected chi connectivity index (χ0v) is 17.4. The van der Waals surface area contributed by atoms with Crippen LogP contribution in [0.5, 0.6) is 0 Å². The molecule has 0 amide bonds. The Morgan fingerprint density at radius 2 is 1.62 bits per heavy atom. The van der Waals surface area contributed by atoms with E-state index in [1.807, 2.05) is 0 Å². The van der Waals surface area contributed by atoms with Crippen molar-refractivity contribution in [2.24, 2.45) is 5.92 Å². The van der Waals surface area contributed by atoms with Gasteiger partial charge in [0, 0.05) is 39.3 Å². The number of esters is 2. The number of hydrogen-bond donors (Lipinski definition) is 0. The van der Waals surface area contributed by atoms with Crippen molar-refractivity contribution in [1.82, 2.24) is 9.21 Å². The molecule has 10 heteroatoms. The van der Waals surface area contributed by atoms with Crippen LogP contribution in [0.3, 0.4) is 0 Å². The van der Waals surface area contributed by atoms with Gasteiger partial charge in [0.2, 0.25) is 10.0 Å². The Morgan fingerprint density at radius 1 is 1.03 bits per heavy atom. The van der Waals surface area contributed by atoms with Gasteiger partial charge in [0.05, 0.1) is 36.8 Å². The lowest BCUT2D eigenvalue weighted by atomic mass is 10.1. The summed E-state index contributed by atoms with van der Waals surface area (Å²) >= 11 is 0. The number of nitrogens with zero attached hydrogens (tertiary/aromatic N) is 2. The van der Waals surface area contributed by atoms with Crippen LogP contribution < -0.4 is 0 Å². The lowest BCUT2D eigenvalue weighted by molar-refractivity contribution is 0.0598. The Hall–Kier alpha value is -2.01. The van der Waals surface area contributed by atoms with Crippen LogP contribution in [0.1, 0.15) is 27.1 Å². The molecular weight excluding hydrogens is 400 g/mol. The van der Waals surface area contributed by atoms with Crippen LogP contribution >= 0.6 is 0 Å². The molecule has 0 spiro atoms. The third-order valence-electron chi connectivity index (χ3n) is 5.26. The van der Waals surface area contributed by atoms with Gasteiger partial charge in [-0.25, -0.2) is 18.0 Å².